The molecule has 4 atom stereocenters. The molecule has 5 rings (SSSR count). The Morgan fingerprint density at radius 1 is 1.21 bits per heavy atom. The molecule has 2 N–H and O–H groups in total. The van der Waals surface area contributed by atoms with E-state index in [0.29, 0.717) is 46.9 Å². The van der Waals surface area contributed by atoms with Crippen LogP contribution in [0.5, 0.6) is 5.75 Å². The first-order valence-electron chi connectivity index (χ1n) is 14.1. The van der Waals surface area contributed by atoms with Crippen LogP contribution in [0.3, 0.4) is 0 Å². The number of amides is 2. The van der Waals surface area contributed by atoms with Crippen LogP contribution >= 0.6 is 0 Å². The van der Waals surface area contributed by atoms with E-state index in [9.17, 15) is 9.59 Å². The number of rotatable bonds is 7. The van der Waals surface area contributed by atoms with Crippen LogP contribution in [0, 0.1) is 11.8 Å². The van der Waals surface area contributed by atoms with Crippen LogP contribution in [0.25, 0.3) is 0 Å². The van der Waals surface area contributed by atoms with Crippen molar-refractivity contribution in [2.24, 2.45) is 11.8 Å². The number of benzene rings is 1. The van der Waals surface area contributed by atoms with Crippen molar-refractivity contribution in [2.75, 3.05) is 49.4 Å². The molecule has 10 nitrogen and oxygen atoms in total. The zero-order valence-corrected chi connectivity index (χ0v) is 23.9. The highest BCUT2D eigenvalue weighted by Crippen LogP contribution is 2.39. The highest BCUT2D eigenvalue weighted by atomic mass is 16.5. The summed E-state index contributed by atoms with van der Waals surface area (Å²) in [6.07, 6.45) is 5.68. The first kappa shape index (κ1) is 27.2. The number of likely N-dealkylation sites (N-methyl/N-ethyl adjacent to an activating group) is 1. The Labute approximate surface area is 231 Å². The second-order valence-electron chi connectivity index (χ2n) is 11.5. The van der Waals surface area contributed by atoms with Gasteiger partial charge in [-0.3, -0.25) is 9.59 Å². The summed E-state index contributed by atoms with van der Waals surface area (Å²) in [4.78, 5) is 41.4. The van der Waals surface area contributed by atoms with Crippen LogP contribution in [0.2, 0.25) is 0 Å². The van der Waals surface area contributed by atoms with Crippen molar-refractivity contribution in [1.82, 2.24) is 20.2 Å². The summed E-state index contributed by atoms with van der Waals surface area (Å²) in [6, 6.07) is 5.41. The van der Waals surface area contributed by atoms with E-state index in [0.717, 1.165) is 31.7 Å². The number of ether oxygens (including phenoxy) is 1. The number of anilines is 4. The molecular formula is C29H41N7O3. The zero-order chi connectivity index (χ0) is 27.8. The highest BCUT2D eigenvalue weighted by molar-refractivity contribution is 6.04. The second-order valence-corrected chi connectivity index (χ2v) is 11.5. The summed E-state index contributed by atoms with van der Waals surface area (Å²) in [5.41, 5.74) is 1.90. The molecule has 0 radical (unpaired) electrons. The van der Waals surface area contributed by atoms with Gasteiger partial charge in [-0.25, -0.2) is 4.98 Å². The largest absolute Gasteiger partial charge is 0.495 e. The lowest BCUT2D eigenvalue weighted by atomic mass is 9.89. The van der Waals surface area contributed by atoms with Crippen LogP contribution in [-0.2, 0) is 4.79 Å². The number of carbonyl (C=O) groups excluding carboxylic acids is 2. The molecule has 1 aromatic heterocycles. The Balaban J connectivity index is 1.32. The number of hydrogen-bond donors (Lipinski definition) is 2. The van der Waals surface area contributed by atoms with Crippen LogP contribution in [0.4, 0.5) is 23.1 Å². The molecule has 210 valence electrons. The molecule has 0 bridgehead atoms. The maximum Gasteiger partial charge on any atom is 0.251 e. The molecule has 2 fully saturated rings. The van der Waals surface area contributed by atoms with Crippen molar-refractivity contribution < 1.29 is 14.3 Å². The summed E-state index contributed by atoms with van der Waals surface area (Å²) >= 11 is 0. The molecule has 3 aliphatic rings. The lowest BCUT2D eigenvalue weighted by Gasteiger charge is -2.42. The van der Waals surface area contributed by atoms with Gasteiger partial charge in [-0.05, 0) is 83.2 Å². The van der Waals surface area contributed by atoms with E-state index in [-0.39, 0.29) is 29.9 Å². The van der Waals surface area contributed by atoms with Gasteiger partial charge in [0.2, 0.25) is 11.9 Å². The SMILES string of the molecule is CC[C@@H]1C(=O)N(C)c2cnc(Nc3ccc(C(=O)N[C@H]4C[C@H]5CCN(C)C[C@H]5C4)cc3OC)nc2N1C(C)C. The molecule has 0 unspecified atom stereocenters. The fraction of sp³-hybridized carbons (Fsp3) is 0.586. The van der Waals surface area contributed by atoms with Gasteiger partial charge in [0.1, 0.15) is 17.5 Å². The summed E-state index contributed by atoms with van der Waals surface area (Å²) in [6.45, 7) is 8.40. The number of carbonyl (C=O) groups is 2. The van der Waals surface area contributed by atoms with Gasteiger partial charge in [0.25, 0.3) is 5.91 Å². The van der Waals surface area contributed by atoms with Gasteiger partial charge in [-0.1, -0.05) is 6.92 Å². The average Bonchev–Trinajstić information content (AvgIpc) is 3.31. The van der Waals surface area contributed by atoms with Gasteiger partial charge in [-0.2, -0.15) is 4.98 Å². The first-order chi connectivity index (χ1) is 18.7. The van der Waals surface area contributed by atoms with E-state index >= 15 is 0 Å². The molecule has 39 heavy (non-hydrogen) atoms. The van der Waals surface area contributed by atoms with Crippen molar-refractivity contribution in [2.45, 2.75) is 64.6 Å². The summed E-state index contributed by atoms with van der Waals surface area (Å²) in [5, 5.41) is 6.51. The van der Waals surface area contributed by atoms with E-state index in [1.807, 2.05) is 13.0 Å². The van der Waals surface area contributed by atoms with Crippen LogP contribution in [0.1, 0.15) is 56.8 Å². The number of piperidine rings is 1. The van der Waals surface area contributed by atoms with Gasteiger partial charge in [0.15, 0.2) is 5.82 Å². The number of fused-ring (bicyclic) bond motifs is 2. The molecule has 1 aliphatic carbocycles. The topological polar surface area (TPSA) is 103 Å². The van der Waals surface area contributed by atoms with Gasteiger partial charge in [0, 0.05) is 31.2 Å². The highest BCUT2D eigenvalue weighted by Gasteiger charge is 2.39. The number of nitrogens with zero attached hydrogens (tertiary/aromatic N) is 5. The first-order valence-corrected chi connectivity index (χ1v) is 14.1. The summed E-state index contributed by atoms with van der Waals surface area (Å²) in [7, 11) is 5.53. The minimum absolute atomic E-state index is 0.0437. The number of methoxy groups -OCH3 is 1. The van der Waals surface area contributed by atoms with E-state index in [2.05, 4.69) is 46.3 Å². The van der Waals surface area contributed by atoms with Crippen molar-refractivity contribution in [1.29, 1.82) is 0 Å². The van der Waals surface area contributed by atoms with Crippen LogP contribution in [0.15, 0.2) is 24.4 Å². The molecule has 1 saturated heterocycles. The van der Waals surface area contributed by atoms with Crippen molar-refractivity contribution in [3.8, 4) is 5.75 Å². The van der Waals surface area contributed by atoms with Gasteiger partial charge >= 0.3 is 0 Å². The molecule has 2 amide bonds. The monoisotopic (exact) mass is 535 g/mol. The van der Waals surface area contributed by atoms with E-state index in [1.165, 1.54) is 6.42 Å². The molecule has 10 heteroatoms. The van der Waals surface area contributed by atoms with Gasteiger partial charge in [-0.15, -0.1) is 0 Å². The standard InChI is InChI=1S/C29H41N7O3/c1-7-23-28(38)35(5)24-15-30-29(33-26(24)36(23)17(2)3)32-22-9-8-19(14-25(22)39-6)27(37)31-21-12-18-10-11-34(4)16-20(18)13-21/h8-9,14-15,17-18,20-21,23H,7,10-13,16H2,1-6H3,(H,31,37)(H,30,32,33)/t18-,20-,21+,23-/m1/s1. The molecule has 2 aliphatic heterocycles. The molecule has 2 aromatic rings. The smallest absolute Gasteiger partial charge is 0.251 e. The average molecular weight is 536 g/mol. The molecule has 3 heterocycles. The van der Waals surface area contributed by atoms with Gasteiger partial charge < -0.3 is 30.1 Å². The third kappa shape index (κ3) is 5.26. The van der Waals surface area contributed by atoms with Crippen molar-refractivity contribution in [3.05, 3.63) is 30.0 Å². The second kappa shape index (κ2) is 11.0. The van der Waals surface area contributed by atoms with Gasteiger partial charge in [0.05, 0.1) is 19.0 Å². The van der Waals surface area contributed by atoms with Crippen molar-refractivity contribution >= 4 is 35.0 Å². The number of nitrogens with one attached hydrogen (secondary N) is 2. The summed E-state index contributed by atoms with van der Waals surface area (Å²) < 4.78 is 5.64. The molecular weight excluding hydrogens is 494 g/mol. The molecule has 1 aromatic carbocycles. The fourth-order valence-electron chi connectivity index (χ4n) is 6.55. The summed E-state index contributed by atoms with van der Waals surface area (Å²) in [5.74, 6) is 2.99. The lowest BCUT2D eigenvalue weighted by molar-refractivity contribution is -0.120. The number of aromatic nitrogens is 2. The predicted molar refractivity (Wildman–Crippen MR) is 153 cm³/mol. The molecule has 0 spiro atoms. The Kier molecular flexibility index (Phi) is 7.66. The Hall–Kier alpha value is -3.40. The lowest BCUT2D eigenvalue weighted by Crippen LogP contribution is -2.54. The van der Waals surface area contributed by atoms with E-state index in [1.54, 1.807) is 37.4 Å². The predicted octanol–water partition coefficient (Wildman–Crippen LogP) is 3.66. The third-order valence-electron chi connectivity index (χ3n) is 8.56. The molecule has 1 saturated carbocycles. The minimum Gasteiger partial charge on any atom is -0.495 e. The van der Waals surface area contributed by atoms with E-state index in [4.69, 9.17) is 9.72 Å². The van der Waals surface area contributed by atoms with E-state index < -0.39 is 0 Å². The Morgan fingerprint density at radius 2 is 1.97 bits per heavy atom. The Morgan fingerprint density at radius 3 is 2.69 bits per heavy atom. The fourth-order valence-corrected chi connectivity index (χ4v) is 6.55. The third-order valence-corrected chi connectivity index (χ3v) is 8.56. The number of likely N-dealkylation sites (tertiary alicyclic amines) is 1. The Bertz CT molecular complexity index is 1240. The maximum absolute atomic E-state index is 13.1. The normalized spacial score (nSPS) is 24.9. The van der Waals surface area contributed by atoms with Crippen LogP contribution in [-0.4, -0.2) is 79.1 Å². The zero-order valence-electron chi connectivity index (χ0n) is 23.9. The quantitative estimate of drug-likeness (QED) is 0.554. The van der Waals surface area contributed by atoms with Crippen molar-refractivity contribution in [3.63, 3.8) is 0 Å². The minimum atomic E-state index is -0.276. The van der Waals surface area contributed by atoms with Crippen LogP contribution < -0.4 is 25.2 Å². The maximum atomic E-state index is 13.1. The number of hydrogen-bond acceptors (Lipinski definition) is 8.